The van der Waals surface area contributed by atoms with Gasteiger partial charge in [-0.3, -0.25) is 13.8 Å². The van der Waals surface area contributed by atoms with E-state index >= 15 is 0 Å². The summed E-state index contributed by atoms with van der Waals surface area (Å²) in [5, 5.41) is 9.06. The molecule has 0 fully saturated rings. The lowest BCUT2D eigenvalue weighted by Crippen LogP contribution is -2.24. The van der Waals surface area contributed by atoms with E-state index in [1.165, 1.54) is 6.07 Å². The maximum atomic E-state index is 14.5. The van der Waals surface area contributed by atoms with Gasteiger partial charge < -0.3 is 0 Å². The summed E-state index contributed by atoms with van der Waals surface area (Å²) in [6.07, 6.45) is 0.677. The minimum absolute atomic E-state index is 0.128. The molecule has 0 aliphatic heterocycles. The van der Waals surface area contributed by atoms with Crippen molar-refractivity contribution in [3.8, 4) is 11.4 Å². The Morgan fingerprint density at radius 3 is 2.38 bits per heavy atom. The van der Waals surface area contributed by atoms with E-state index in [2.05, 4.69) is 10.2 Å². The van der Waals surface area contributed by atoms with Crippen LogP contribution in [0.5, 0.6) is 0 Å². The SMILES string of the molecule is O=c1c2ccccc2n2c(-c3ccccc3F)nnc2n1CCc1ccccc1. The average Bonchev–Trinajstić information content (AvgIpc) is 3.20. The summed E-state index contributed by atoms with van der Waals surface area (Å²) in [7, 11) is 0. The van der Waals surface area contributed by atoms with Gasteiger partial charge >= 0.3 is 0 Å². The number of nitrogens with zero attached hydrogens (tertiary/aromatic N) is 4. The first kappa shape index (κ1) is 17.3. The molecular weight excluding hydrogens is 367 g/mol. The molecule has 0 saturated heterocycles. The largest absolute Gasteiger partial charge is 0.276 e. The van der Waals surface area contributed by atoms with Crippen LogP contribution in [0.25, 0.3) is 28.1 Å². The second-order valence-corrected chi connectivity index (χ2v) is 6.85. The van der Waals surface area contributed by atoms with Crippen LogP contribution in [0.1, 0.15) is 5.56 Å². The third-order valence-electron chi connectivity index (χ3n) is 5.09. The van der Waals surface area contributed by atoms with Crippen LogP contribution in [0.4, 0.5) is 4.39 Å². The number of fused-ring (bicyclic) bond motifs is 3. The van der Waals surface area contributed by atoms with Crippen LogP contribution in [0, 0.1) is 5.82 Å². The highest BCUT2D eigenvalue weighted by atomic mass is 19.1. The summed E-state index contributed by atoms with van der Waals surface area (Å²) in [6, 6.07) is 23.7. The minimum atomic E-state index is -0.382. The van der Waals surface area contributed by atoms with Gasteiger partial charge in [0.2, 0.25) is 5.78 Å². The van der Waals surface area contributed by atoms with Crippen molar-refractivity contribution in [2.75, 3.05) is 0 Å². The van der Waals surface area contributed by atoms with Gasteiger partial charge in [-0.2, -0.15) is 0 Å². The summed E-state index contributed by atoms with van der Waals surface area (Å²) in [4.78, 5) is 13.2. The lowest BCUT2D eigenvalue weighted by Gasteiger charge is -2.11. The van der Waals surface area contributed by atoms with E-state index in [1.54, 1.807) is 33.2 Å². The molecule has 6 heteroatoms. The molecule has 2 heterocycles. The standard InChI is InChI=1S/C23H17FN4O/c24-19-12-6-4-10-17(19)21-25-26-23-27(15-14-16-8-2-1-3-9-16)22(29)18-11-5-7-13-20(18)28(21)23/h1-13H,14-15H2. The molecule has 0 N–H and O–H groups in total. The highest BCUT2D eigenvalue weighted by Crippen LogP contribution is 2.24. The van der Waals surface area contributed by atoms with E-state index in [1.807, 2.05) is 48.5 Å². The van der Waals surface area contributed by atoms with E-state index in [9.17, 15) is 9.18 Å². The van der Waals surface area contributed by atoms with Crippen LogP contribution in [-0.2, 0) is 13.0 Å². The van der Waals surface area contributed by atoms with Crippen molar-refractivity contribution in [3.05, 3.63) is 101 Å². The van der Waals surface area contributed by atoms with Gasteiger partial charge in [-0.05, 0) is 36.2 Å². The van der Waals surface area contributed by atoms with Crippen molar-refractivity contribution >= 4 is 16.7 Å². The van der Waals surface area contributed by atoms with Crippen LogP contribution in [0.15, 0.2) is 83.7 Å². The van der Waals surface area contributed by atoms with Crippen molar-refractivity contribution < 1.29 is 4.39 Å². The van der Waals surface area contributed by atoms with Gasteiger partial charge in [0.05, 0.1) is 16.5 Å². The Bertz CT molecular complexity index is 1390. The topological polar surface area (TPSA) is 52.2 Å². The smallest absolute Gasteiger partial charge is 0.262 e. The summed E-state index contributed by atoms with van der Waals surface area (Å²) in [5.74, 6) is 0.401. The molecule has 0 atom stereocenters. The Labute approximate surface area is 165 Å². The molecule has 0 saturated carbocycles. The summed E-state index contributed by atoms with van der Waals surface area (Å²) < 4.78 is 17.9. The first-order valence-corrected chi connectivity index (χ1v) is 9.39. The highest BCUT2D eigenvalue weighted by Gasteiger charge is 2.19. The molecule has 0 aliphatic rings. The predicted molar refractivity (Wildman–Crippen MR) is 110 cm³/mol. The lowest BCUT2D eigenvalue weighted by molar-refractivity contribution is 0.629. The number of hydrogen-bond donors (Lipinski definition) is 0. The van der Waals surface area contributed by atoms with E-state index in [4.69, 9.17) is 0 Å². The third-order valence-corrected chi connectivity index (χ3v) is 5.09. The normalized spacial score (nSPS) is 11.3. The number of halogens is 1. The Kier molecular flexibility index (Phi) is 4.17. The van der Waals surface area contributed by atoms with E-state index in [-0.39, 0.29) is 11.4 Å². The molecule has 0 aliphatic carbocycles. The predicted octanol–water partition coefficient (Wildman–Crippen LogP) is 4.09. The monoisotopic (exact) mass is 384 g/mol. The number of benzene rings is 3. The van der Waals surface area contributed by atoms with Crippen LogP contribution in [-0.4, -0.2) is 19.2 Å². The zero-order valence-corrected chi connectivity index (χ0v) is 15.5. The second kappa shape index (κ2) is 6.98. The summed E-state index contributed by atoms with van der Waals surface area (Å²) in [5.41, 5.74) is 2.00. The molecule has 0 amide bonds. The van der Waals surface area contributed by atoms with Crippen LogP contribution >= 0.6 is 0 Å². The zero-order valence-electron chi connectivity index (χ0n) is 15.5. The van der Waals surface area contributed by atoms with Crippen molar-refractivity contribution in [1.29, 1.82) is 0 Å². The van der Waals surface area contributed by atoms with Gasteiger partial charge in [-0.1, -0.05) is 54.6 Å². The molecule has 2 aromatic heterocycles. The molecule has 5 aromatic rings. The summed E-state index contributed by atoms with van der Waals surface area (Å²) >= 11 is 0. The van der Waals surface area contributed by atoms with Gasteiger partial charge in [-0.25, -0.2) is 4.39 Å². The van der Waals surface area contributed by atoms with Crippen LogP contribution < -0.4 is 5.56 Å². The van der Waals surface area contributed by atoms with Crippen molar-refractivity contribution in [2.24, 2.45) is 0 Å². The number of rotatable bonds is 4. The first-order chi connectivity index (χ1) is 14.2. The molecular formula is C23H17FN4O. The van der Waals surface area contributed by atoms with E-state index in [0.717, 1.165) is 5.56 Å². The number of para-hydroxylation sites is 1. The summed E-state index contributed by atoms with van der Waals surface area (Å²) in [6.45, 7) is 0.451. The zero-order chi connectivity index (χ0) is 19.8. The number of aryl methyl sites for hydroxylation is 2. The van der Waals surface area contributed by atoms with E-state index in [0.29, 0.717) is 41.0 Å². The van der Waals surface area contributed by atoms with Crippen molar-refractivity contribution in [1.82, 2.24) is 19.2 Å². The molecule has 0 radical (unpaired) electrons. The maximum absolute atomic E-state index is 14.5. The average molecular weight is 384 g/mol. The molecule has 142 valence electrons. The molecule has 3 aromatic carbocycles. The molecule has 0 spiro atoms. The minimum Gasteiger partial charge on any atom is -0.276 e. The maximum Gasteiger partial charge on any atom is 0.262 e. The fourth-order valence-electron chi connectivity index (χ4n) is 3.66. The first-order valence-electron chi connectivity index (χ1n) is 9.39. The lowest BCUT2D eigenvalue weighted by atomic mass is 10.1. The molecule has 5 nitrogen and oxygen atoms in total. The number of aromatic nitrogens is 4. The van der Waals surface area contributed by atoms with Crippen LogP contribution in [0.3, 0.4) is 0 Å². The highest BCUT2D eigenvalue weighted by molar-refractivity contribution is 5.82. The third kappa shape index (κ3) is 2.89. The molecule has 0 bridgehead atoms. The van der Waals surface area contributed by atoms with Gasteiger partial charge in [0.1, 0.15) is 5.82 Å². The fraction of sp³-hybridized carbons (Fsp3) is 0.0870. The number of hydrogen-bond acceptors (Lipinski definition) is 3. The van der Waals surface area contributed by atoms with Crippen LogP contribution in [0.2, 0.25) is 0 Å². The second-order valence-electron chi connectivity index (χ2n) is 6.85. The van der Waals surface area contributed by atoms with Gasteiger partial charge in [0, 0.05) is 6.54 Å². The van der Waals surface area contributed by atoms with Gasteiger partial charge in [-0.15, -0.1) is 10.2 Å². The molecule has 0 unspecified atom stereocenters. The van der Waals surface area contributed by atoms with Crippen molar-refractivity contribution in [3.63, 3.8) is 0 Å². The molecule has 29 heavy (non-hydrogen) atoms. The Morgan fingerprint density at radius 2 is 1.55 bits per heavy atom. The van der Waals surface area contributed by atoms with Crippen molar-refractivity contribution in [2.45, 2.75) is 13.0 Å². The van der Waals surface area contributed by atoms with Gasteiger partial charge in [0.15, 0.2) is 5.82 Å². The van der Waals surface area contributed by atoms with E-state index < -0.39 is 0 Å². The fourth-order valence-corrected chi connectivity index (χ4v) is 3.66. The Balaban J connectivity index is 1.76. The van der Waals surface area contributed by atoms with Gasteiger partial charge in [0.25, 0.3) is 5.56 Å². The Hall–Kier alpha value is -3.80. The molecule has 5 rings (SSSR count). The quantitative estimate of drug-likeness (QED) is 0.469. The Morgan fingerprint density at radius 1 is 0.828 bits per heavy atom.